The molecule has 1 N–H and O–H groups in total. The van der Waals surface area contributed by atoms with Gasteiger partial charge in [0.1, 0.15) is 0 Å². The summed E-state index contributed by atoms with van der Waals surface area (Å²) in [6, 6.07) is 0.373. The lowest BCUT2D eigenvalue weighted by molar-refractivity contribution is -0.136. The van der Waals surface area contributed by atoms with Crippen molar-refractivity contribution >= 4 is 11.8 Å². The highest BCUT2D eigenvalue weighted by atomic mass is 16.2. The van der Waals surface area contributed by atoms with Gasteiger partial charge in [-0.05, 0) is 26.2 Å². The standard InChI is InChI=1S/C17H28N4O2/c1-3-7-18-16(22)13-19-9-11-20(12-10-19)14-17(23)21-8-5-4-6-15(21)2/h1,15H,4-14H2,2H3,(H,18,22). The molecule has 2 rings (SSSR count). The molecule has 128 valence electrons. The number of piperidine rings is 1. The number of terminal acetylenes is 1. The average molecular weight is 320 g/mol. The van der Waals surface area contributed by atoms with Gasteiger partial charge in [-0.25, -0.2) is 0 Å². The van der Waals surface area contributed by atoms with Gasteiger partial charge in [0.2, 0.25) is 11.8 Å². The van der Waals surface area contributed by atoms with E-state index in [0.29, 0.717) is 19.1 Å². The Labute approximate surface area is 139 Å². The second kappa shape index (κ2) is 8.90. The molecule has 0 bridgehead atoms. The van der Waals surface area contributed by atoms with Gasteiger partial charge in [-0.15, -0.1) is 6.42 Å². The molecule has 0 aromatic rings. The first-order valence-corrected chi connectivity index (χ1v) is 8.54. The fraction of sp³-hybridized carbons (Fsp3) is 0.765. The van der Waals surface area contributed by atoms with Crippen LogP contribution in [0.1, 0.15) is 26.2 Å². The summed E-state index contributed by atoms with van der Waals surface area (Å²) in [5.41, 5.74) is 0. The third kappa shape index (κ3) is 5.52. The number of hydrogen-bond acceptors (Lipinski definition) is 4. The lowest BCUT2D eigenvalue weighted by atomic mass is 10.0. The van der Waals surface area contributed by atoms with Crippen LogP contribution in [0.4, 0.5) is 0 Å². The minimum absolute atomic E-state index is 0.0328. The van der Waals surface area contributed by atoms with Crippen LogP contribution in [0.15, 0.2) is 0 Å². The van der Waals surface area contributed by atoms with Gasteiger partial charge in [0.05, 0.1) is 19.6 Å². The summed E-state index contributed by atoms with van der Waals surface area (Å²) in [6.45, 7) is 7.49. The van der Waals surface area contributed by atoms with Crippen LogP contribution in [0.2, 0.25) is 0 Å². The van der Waals surface area contributed by atoms with Gasteiger partial charge in [0, 0.05) is 38.8 Å². The lowest BCUT2D eigenvalue weighted by Gasteiger charge is -2.37. The minimum atomic E-state index is -0.0328. The van der Waals surface area contributed by atoms with E-state index in [9.17, 15) is 9.59 Å². The SMILES string of the molecule is C#CCNC(=O)CN1CCN(CC(=O)N2CCCCC2C)CC1. The van der Waals surface area contributed by atoms with Gasteiger partial charge < -0.3 is 10.2 Å². The molecule has 2 aliphatic rings. The van der Waals surface area contributed by atoms with Crippen LogP contribution in [0.3, 0.4) is 0 Å². The van der Waals surface area contributed by atoms with E-state index in [1.807, 2.05) is 4.90 Å². The number of amides is 2. The van der Waals surface area contributed by atoms with Crippen molar-refractivity contribution in [1.29, 1.82) is 0 Å². The zero-order valence-electron chi connectivity index (χ0n) is 14.1. The third-order valence-corrected chi connectivity index (χ3v) is 4.70. The van der Waals surface area contributed by atoms with E-state index >= 15 is 0 Å². The zero-order valence-corrected chi connectivity index (χ0v) is 14.1. The highest BCUT2D eigenvalue weighted by molar-refractivity contribution is 5.79. The number of nitrogens with one attached hydrogen (secondary N) is 1. The molecule has 0 saturated carbocycles. The summed E-state index contributed by atoms with van der Waals surface area (Å²) in [5, 5.41) is 2.68. The number of nitrogens with zero attached hydrogens (tertiary/aromatic N) is 3. The fourth-order valence-electron chi connectivity index (χ4n) is 3.26. The molecule has 0 aliphatic carbocycles. The molecule has 2 saturated heterocycles. The molecule has 2 heterocycles. The maximum Gasteiger partial charge on any atom is 0.236 e. The molecule has 2 amide bonds. The van der Waals surface area contributed by atoms with Crippen LogP contribution in [0.5, 0.6) is 0 Å². The highest BCUT2D eigenvalue weighted by Crippen LogP contribution is 2.16. The zero-order chi connectivity index (χ0) is 16.7. The van der Waals surface area contributed by atoms with E-state index in [1.54, 1.807) is 0 Å². The number of carbonyl (C=O) groups is 2. The lowest BCUT2D eigenvalue weighted by Crippen LogP contribution is -2.53. The van der Waals surface area contributed by atoms with Gasteiger partial charge in [0.15, 0.2) is 0 Å². The Kier molecular flexibility index (Phi) is 6.87. The summed E-state index contributed by atoms with van der Waals surface area (Å²) >= 11 is 0. The Morgan fingerprint density at radius 1 is 1.09 bits per heavy atom. The molecule has 6 nitrogen and oxygen atoms in total. The van der Waals surface area contributed by atoms with Gasteiger partial charge in [-0.1, -0.05) is 5.92 Å². The Hall–Kier alpha value is -1.58. The first-order valence-electron chi connectivity index (χ1n) is 8.54. The highest BCUT2D eigenvalue weighted by Gasteiger charge is 2.26. The maximum absolute atomic E-state index is 12.4. The van der Waals surface area contributed by atoms with Crippen molar-refractivity contribution in [2.24, 2.45) is 0 Å². The van der Waals surface area contributed by atoms with Crippen LogP contribution < -0.4 is 5.32 Å². The van der Waals surface area contributed by atoms with Crippen molar-refractivity contribution in [1.82, 2.24) is 20.0 Å². The van der Waals surface area contributed by atoms with Crippen molar-refractivity contribution in [2.45, 2.75) is 32.2 Å². The van der Waals surface area contributed by atoms with Crippen molar-refractivity contribution in [3.8, 4) is 12.3 Å². The third-order valence-electron chi connectivity index (χ3n) is 4.70. The molecule has 23 heavy (non-hydrogen) atoms. The largest absolute Gasteiger partial charge is 0.344 e. The van der Waals surface area contributed by atoms with Crippen molar-refractivity contribution in [2.75, 3.05) is 52.4 Å². The van der Waals surface area contributed by atoms with E-state index in [-0.39, 0.29) is 18.4 Å². The van der Waals surface area contributed by atoms with E-state index in [4.69, 9.17) is 6.42 Å². The fourth-order valence-corrected chi connectivity index (χ4v) is 3.26. The van der Waals surface area contributed by atoms with E-state index in [0.717, 1.165) is 45.6 Å². The molecule has 0 aromatic heterocycles. The van der Waals surface area contributed by atoms with Crippen LogP contribution in [0.25, 0.3) is 0 Å². The van der Waals surface area contributed by atoms with Crippen LogP contribution >= 0.6 is 0 Å². The summed E-state index contributed by atoms with van der Waals surface area (Å²) in [7, 11) is 0. The molecule has 6 heteroatoms. The van der Waals surface area contributed by atoms with Gasteiger partial charge in [-0.3, -0.25) is 19.4 Å². The van der Waals surface area contributed by atoms with Crippen LogP contribution in [0, 0.1) is 12.3 Å². The molecule has 2 fully saturated rings. The van der Waals surface area contributed by atoms with E-state index in [1.165, 1.54) is 6.42 Å². The predicted molar refractivity (Wildman–Crippen MR) is 89.7 cm³/mol. The molecular formula is C17H28N4O2. The monoisotopic (exact) mass is 320 g/mol. The summed E-state index contributed by atoms with van der Waals surface area (Å²) in [4.78, 5) is 30.4. The molecule has 2 aliphatic heterocycles. The maximum atomic E-state index is 12.4. The van der Waals surface area contributed by atoms with Crippen molar-refractivity contribution < 1.29 is 9.59 Å². The minimum Gasteiger partial charge on any atom is -0.344 e. The Bertz CT molecular complexity index is 452. The van der Waals surface area contributed by atoms with E-state index in [2.05, 4.69) is 28.0 Å². The van der Waals surface area contributed by atoms with Crippen molar-refractivity contribution in [3.63, 3.8) is 0 Å². The second-order valence-electron chi connectivity index (χ2n) is 6.47. The molecule has 0 radical (unpaired) electrons. The Morgan fingerprint density at radius 3 is 2.35 bits per heavy atom. The number of likely N-dealkylation sites (tertiary alicyclic amines) is 1. The molecule has 1 atom stereocenters. The quantitative estimate of drug-likeness (QED) is 0.710. The number of piperazine rings is 1. The first-order chi connectivity index (χ1) is 11.1. The Morgan fingerprint density at radius 2 is 1.74 bits per heavy atom. The Balaban J connectivity index is 1.69. The smallest absolute Gasteiger partial charge is 0.236 e. The van der Waals surface area contributed by atoms with Crippen molar-refractivity contribution in [3.05, 3.63) is 0 Å². The number of rotatable bonds is 5. The second-order valence-corrected chi connectivity index (χ2v) is 6.47. The number of carbonyl (C=O) groups excluding carboxylic acids is 2. The topological polar surface area (TPSA) is 55.9 Å². The van der Waals surface area contributed by atoms with Crippen LogP contribution in [-0.2, 0) is 9.59 Å². The number of hydrogen-bond donors (Lipinski definition) is 1. The summed E-state index contributed by atoms with van der Waals surface area (Å²) < 4.78 is 0. The van der Waals surface area contributed by atoms with Crippen LogP contribution in [-0.4, -0.2) is 84.9 Å². The summed E-state index contributed by atoms with van der Waals surface area (Å²) in [5.74, 6) is 2.61. The molecular weight excluding hydrogens is 292 g/mol. The van der Waals surface area contributed by atoms with Gasteiger partial charge in [0.25, 0.3) is 0 Å². The predicted octanol–water partition coefficient (Wildman–Crippen LogP) is -0.246. The molecule has 1 unspecified atom stereocenters. The molecule has 0 aromatic carbocycles. The van der Waals surface area contributed by atoms with Gasteiger partial charge in [-0.2, -0.15) is 0 Å². The van der Waals surface area contributed by atoms with Gasteiger partial charge >= 0.3 is 0 Å². The average Bonchev–Trinajstić information content (AvgIpc) is 2.55. The summed E-state index contributed by atoms with van der Waals surface area (Å²) in [6.07, 6.45) is 8.59. The molecule has 0 spiro atoms. The first kappa shape index (κ1) is 17.8. The normalized spacial score (nSPS) is 23.3. The van der Waals surface area contributed by atoms with E-state index < -0.39 is 0 Å².